The molecule has 1 N–H and O–H groups in total. The number of amides is 2. The summed E-state index contributed by atoms with van der Waals surface area (Å²) in [6.07, 6.45) is 0.941. The summed E-state index contributed by atoms with van der Waals surface area (Å²) in [5.41, 5.74) is 2.03. The molecule has 1 unspecified atom stereocenters. The lowest BCUT2D eigenvalue weighted by Gasteiger charge is -2.34. The highest BCUT2D eigenvalue weighted by atomic mass is 16.5. The van der Waals surface area contributed by atoms with Crippen LogP contribution >= 0.6 is 0 Å². The van der Waals surface area contributed by atoms with Crippen molar-refractivity contribution in [2.45, 2.75) is 24.5 Å². The average Bonchev–Trinajstić information content (AvgIpc) is 3.21. The van der Waals surface area contributed by atoms with Gasteiger partial charge in [-0.25, -0.2) is 4.79 Å². The zero-order valence-corrected chi connectivity index (χ0v) is 17.2. The first kappa shape index (κ1) is 19.4. The quantitative estimate of drug-likeness (QED) is 0.684. The van der Waals surface area contributed by atoms with Gasteiger partial charge in [-0.3, -0.25) is 4.79 Å². The van der Waals surface area contributed by atoms with Crippen LogP contribution in [0, 0.1) is 0 Å². The average molecular weight is 412 g/mol. The molecular weight excluding hydrogens is 388 g/mol. The Morgan fingerprint density at radius 1 is 0.903 bits per heavy atom. The van der Waals surface area contributed by atoms with Crippen LogP contribution in [0.5, 0.6) is 5.75 Å². The second kappa shape index (κ2) is 7.91. The maximum atomic E-state index is 13.2. The number of nitrogens with one attached hydrogen (secondary N) is 1. The zero-order chi connectivity index (χ0) is 21.3. The van der Waals surface area contributed by atoms with E-state index in [1.165, 1.54) is 0 Å². The lowest BCUT2D eigenvalue weighted by molar-refractivity contribution is 0.0477. The Morgan fingerprint density at radius 3 is 2.19 bits per heavy atom. The van der Waals surface area contributed by atoms with Crippen LogP contribution in [0.2, 0.25) is 0 Å². The number of likely N-dealkylation sites (tertiary alicyclic amines) is 1. The smallest absolute Gasteiger partial charge is 0.318 e. The molecule has 0 aromatic heterocycles. The van der Waals surface area contributed by atoms with Crippen LogP contribution in [0.25, 0.3) is 0 Å². The van der Waals surface area contributed by atoms with E-state index in [1.807, 2.05) is 78.9 Å². The van der Waals surface area contributed by atoms with Gasteiger partial charge in [0, 0.05) is 13.0 Å². The molecule has 2 aliphatic rings. The number of nitrogens with zero attached hydrogens (tertiary/aromatic N) is 1. The lowest BCUT2D eigenvalue weighted by atomic mass is 9.89. The molecule has 0 saturated carbocycles. The highest BCUT2D eigenvalue weighted by Gasteiger charge is 2.47. The Balaban J connectivity index is 1.34. The molecule has 0 bridgehead atoms. The Hall–Kier alpha value is -3.60. The molecule has 2 heterocycles. The third-order valence-corrected chi connectivity index (χ3v) is 6.13. The van der Waals surface area contributed by atoms with E-state index >= 15 is 0 Å². The van der Waals surface area contributed by atoms with Gasteiger partial charge in [-0.2, -0.15) is 0 Å². The van der Waals surface area contributed by atoms with Crippen molar-refractivity contribution in [2.75, 3.05) is 13.1 Å². The van der Waals surface area contributed by atoms with Crippen LogP contribution in [0.4, 0.5) is 4.79 Å². The number of para-hydroxylation sites is 1. The molecule has 1 fully saturated rings. The minimum atomic E-state index is -0.641. The van der Waals surface area contributed by atoms with Crippen LogP contribution in [0.15, 0.2) is 84.9 Å². The van der Waals surface area contributed by atoms with Crippen molar-refractivity contribution in [3.05, 3.63) is 102 Å². The van der Waals surface area contributed by atoms with Crippen molar-refractivity contribution in [1.82, 2.24) is 10.2 Å². The molecule has 5 rings (SSSR count). The van der Waals surface area contributed by atoms with Gasteiger partial charge in [-0.05, 0) is 23.3 Å². The molecule has 3 aromatic rings. The normalized spacial score (nSPS) is 19.9. The zero-order valence-electron chi connectivity index (χ0n) is 17.2. The van der Waals surface area contributed by atoms with Crippen molar-refractivity contribution in [1.29, 1.82) is 0 Å². The number of hydrogen-bond donors (Lipinski definition) is 1. The van der Waals surface area contributed by atoms with Crippen LogP contribution in [0.3, 0.4) is 0 Å². The van der Waals surface area contributed by atoms with Gasteiger partial charge in [0.25, 0.3) is 0 Å². The van der Waals surface area contributed by atoms with Gasteiger partial charge >= 0.3 is 6.03 Å². The van der Waals surface area contributed by atoms with E-state index in [-0.39, 0.29) is 17.9 Å². The molecule has 2 aliphatic heterocycles. The number of ketones is 1. The van der Waals surface area contributed by atoms with Crippen LogP contribution in [0.1, 0.15) is 40.4 Å². The fraction of sp³-hybridized carbons (Fsp3) is 0.231. The number of carbonyl (C=O) groups is 2. The van der Waals surface area contributed by atoms with Crippen molar-refractivity contribution >= 4 is 11.8 Å². The molecular formula is C26H24N2O3. The SMILES string of the molecule is O=C1CC2(CCN(C(=O)NC(c3ccccc3)c3ccccc3)C2)Oc2ccccc21. The number of Topliss-reactive ketones (excluding diaryl/α,β-unsaturated/α-hetero) is 1. The number of benzene rings is 3. The maximum Gasteiger partial charge on any atom is 0.318 e. The monoisotopic (exact) mass is 412 g/mol. The third-order valence-electron chi connectivity index (χ3n) is 6.13. The molecule has 3 aromatic carbocycles. The van der Waals surface area contributed by atoms with Gasteiger partial charge in [0.1, 0.15) is 11.4 Å². The second-order valence-electron chi connectivity index (χ2n) is 8.26. The van der Waals surface area contributed by atoms with Gasteiger partial charge in [0.15, 0.2) is 5.78 Å². The van der Waals surface area contributed by atoms with Crippen molar-refractivity contribution in [2.24, 2.45) is 0 Å². The summed E-state index contributed by atoms with van der Waals surface area (Å²) in [5.74, 6) is 0.697. The molecule has 1 saturated heterocycles. The summed E-state index contributed by atoms with van der Waals surface area (Å²) >= 11 is 0. The maximum absolute atomic E-state index is 13.2. The van der Waals surface area contributed by atoms with Gasteiger partial charge in [-0.15, -0.1) is 0 Å². The minimum absolute atomic E-state index is 0.0792. The van der Waals surface area contributed by atoms with E-state index in [9.17, 15) is 9.59 Å². The Kier molecular flexibility index (Phi) is 4.94. The number of hydrogen-bond acceptors (Lipinski definition) is 3. The fourth-order valence-electron chi connectivity index (χ4n) is 4.55. The Morgan fingerprint density at radius 2 is 1.52 bits per heavy atom. The summed E-state index contributed by atoms with van der Waals surface area (Å²) in [5, 5.41) is 3.19. The molecule has 2 amide bonds. The predicted octanol–water partition coefficient (Wildman–Crippen LogP) is 4.60. The minimum Gasteiger partial charge on any atom is -0.484 e. The largest absolute Gasteiger partial charge is 0.484 e. The summed E-state index contributed by atoms with van der Waals surface area (Å²) < 4.78 is 6.26. The van der Waals surface area contributed by atoms with E-state index < -0.39 is 5.60 Å². The Bertz CT molecular complexity index is 1060. The molecule has 156 valence electrons. The number of ether oxygens (including phenoxy) is 1. The van der Waals surface area contributed by atoms with Crippen LogP contribution < -0.4 is 10.1 Å². The summed E-state index contributed by atoms with van der Waals surface area (Å²) in [6, 6.07) is 26.8. The van der Waals surface area contributed by atoms with Gasteiger partial charge in [0.2, 0.25) is 0 Å². The number of fused-ring (bicyclic) bond motifs is 1. The van der Waals surface area contributed by atoms with E-state index in [4.69, 9.17) is 4.74 Å². The first-order valence-electron chi connectivity index (χ1n) is 10.6. The van der Waals surface area contributed by atoms with E-state index in [2.05, 4.69) is 5.32 Å². The van der Waals surface area contributed by atoms with Crippen molar-refractivity contribution in [3.8, 4) is 5.75 Å². The first-order valence-corrected chi connectivity index (χ1v) is 10.6. The number of rotatable bonds is 3. The molecule has 1 atom stereocenters. The van der Waals surface area contributed by atoms with Crippen molar-refractivity contribution < 1.29 is 14.3 Å². The molecule has 1 spiro atoms. The first-order chi connectivity index (χ1) is 15.1. The topological polar surface area (TPSA) is 58.6 Å². The van der Waals surface area contributed by atoms with E-state index in [1.54, 1.807) is 11.0 Å². The molecule has 0 aliphatic carbocycles. The molecule has 0 radical (unpaired) electrons. The van der Waals surface area contributed by atoms with Gasteiger partial charge in [0.05, 0.1) is 24.6 Å². The molecule has 5 heteroatoms. The van der Waals surface area contributed by atoms with E-state index in [0.717, 1.165) is 11.1 Å². The lowest BCUT2D eigenvalue weighted by Crippen LogP contribution is -2.47. The second-order valence-corrected chi connectivity index (χ2v) is 8.26. The third kappa shape index (κ3) is 3.79. The molecule has 31 heavy (non-hydrogen) atoms. The highest BCUT2D eigenvalue weighted by molar-refractivity contribution is 6.00. The van der Waals surface area contributed by atoms with Gasteiger partial charge < -0.3 is 15.0 Å². The fourth-order valence-corrected chi connectivity index (χ4v) is 4.55. The molecule has 5 nitrogen and oxygen atoms in total. The predicted molar refractivity (Wildman–Crippen MR) is 118 cm³/mol. The summed E-state index contributed by atoms with van der Waals surface area (Å²) in [6.45, 7) is 0.951. The number of carbonyl (C=O) groups excluding carboxylic acids is 2. The van der Waals surface area contributed by atoms with Gasteiger partial charge in [-0.1, -0.05) is 72.8 Å². The summed E-state index contributed by atoms with van der Waals surface area (Å²) in [7, 11) is 0. The van der Waals surface area contributed by atoms with Crippen LogP contribution in [-0.2, 0) is 0 Å². The standard InChI is InChI=1S/C26H24N2O3/c29-22-17-26(31-23-14-8-7-13-21(22)23)15-16-28(18-26)25(30)27-24(19-9-3-1-4-10-19)20-11-5-2-6-12-20/h1-14,24H,15-18H2,(H,27,30). The van der Waals surface area contributed by atoms with Crippen molar-refractivity contribution in [3.63, 3.8) is 0 Å². The Labute approximate surface area is 181 Å². The number of urea groups is 1. The highest BCUT2D eigenvalue weighted by Crippen LogP contribution is 2.38. The van der Waals surface area contributed by atoms with E-state index in [0.29, 0.717) is 37.2 Å². The van der Waals surface area contributed by atoms with Crippen LogP contribution in [-0.4, -0.2) is 35.4 Å². The summed E-state index contributed by atoms with van der Waals surface area (Å²) in [4.78, 5) is 27.7.